The van der Waals surface area contributed by atoms with Crippen molar-refractivity contribution in [1.82, 2.24) is 4.98 Å². The molecule has 0 radical (unpaired) electrons. The van der Waals surface area contributed by atoms with E-state index in [1.807, 2.05) is 60.7 Å². The van der Waals surface area contributed by atoms with Crippen LogP contribution >= 0.6 is 12.6 Å². The summed E-state index contributed by atoms with van der Waals surface area (Å²) in [5, 5.41) is 0. The molecule has 0 aliphatic rings. The predicted molar refractivity (Wildman–Crippen MR) is 96.3 cm³/mol. The molecule has 0 aliphatic heterocycles. The Hall–Kier alpha value is -2.94. The van der Waals surface area contributed by atoms with E-state index in [2.05, 4.69) is 41.3 Å². The second kappa shape index (κ2) is 7.36. The van der Waals surface area contributed by atoms with Gasteiger partial charge >= 0.3 is 0 Å². The van der Waals surface area contributed by atoms with Crippen LogP contribution in [-0.2, 0) is 0 Å². The number of aromatic nitrogens is 1. The summed E-state index contributed by atoms with van der Waals surface area (Å²) >= 11 is 4.26. The summed E-state index contributed by atoms with van der Waals surface area (Å²) < 4.78 is 0. The van der Waals surface area contributed by atoms with Crippen molar-refractivity contribution in [2.45, 2.75) is 4.90 Å². The van der Waals surface area contributed by atoms with Crippen LogP contribution in [-0.4, -0.2) is 4.98 Å². The summed E-state index contributed by atoms with van der Waals surface area (Å²) in [6, 6.07) is 19.5. The molecule has 0 saturated carbocycles. The Bertz CT molecular complexity index is 903. The third-order valence-electron chi connectivity index (χ3n) is 3.13. The van der Waals surface area contributed by atoms with Crippen molar-refractivity contribution >= 4 is 12.6 Å². The molecule has 0 bridgehead atoms. The van der Waals surface area contributed by atoms with Gasteiger partial charge in [-0.15, -0.1) is 12.6 Å². The predicted octanol–water partition coefficient (Wildman–Crippen LogP) is 4.17. The minimum atomic E-state index is 0.938. The molecule has 23 heavy (non-hydrogen) atoms. The zero-order chi connectivity index (χ0) is 15.9. The van der Waals surface area contributed by atoms with Gasteiger partial charge in [0, 0.05) is 39.5 Å². The highest BCUT2D eigenvalue weighted by Gasteiger charge is 1.90. The van der Waals surface area contributed by atoms with Gasteiger partial charge in [-0.3, -0.25) is 4.98 Å². The van der Waals surface area contributed by atoms with Gasteiger partial charge in [0.25, 0.3) is 0 Å². The molecule has 3 rings (SSSR count). The number of hydrogen-bond donors (Lipinski definition) is 1. The van der Waals surface area contributed by atoms with Gasteiger partial charge in [0.2, 0.25) is 0 Å². The molecule has 0 unspecified atom stereocenters. The molecule has 2 heteroatoms. The van der Waals surface area contributed by atoms with Gasteiger partial charge in [0.15, 0.2) is 0 Å². The monoisotopic (exact) mass is 311 g/mol. The Kier molecular flexibility index (Phi) is 4.79. The zero-order valence-electron chi connectivity index (χ0n) is 12.3. The van der Waals surface area contributed by atoms with Gasteiger partial charge in [-0.2, -0.15) is 0 Å². The first-order valence-electron chi connectivity index (χ1n) is 7.13. The summed E-state index contributed by atoms with van der Waals surface area (Å²) in [5.41, 5.74) is 3.86. The van der Waals surface area contributed by atoms with E-state index in [0.717, 1.165) is 27.1 Å². The lowest BCUT2D eigenvalue weighted by Crippen LogP contribution is -1.79. The number of benzene rings is 2. The van der Waals surface area contributed by atoms with Crippen molar-refractivity contribution in [3.63, 3.8) is 0 Å². The summed E-state index contributed by atoms with van der Waals surface area (Å²) in [5.74, 6) is 12.5. The summed E-state index contributed by atoms with van der Waals surface area (Å²) in [6.45, 7) is 0. The van der Waals surface area contributed by atoms with E-state index in [4.69, 9.17) is 0 Å². The van der Waals surface area contributed by atoms with E-state index in [1.54, 1.807) is 12.4 Å². The Morgan fingerprint density at radius 3 is 1.30 bits per heavy atom. The zero-order valence-corrected chi connectivity index (χ0v) is 13.2. The fourth-order valence-electron chi connectivity index (χ4n) is 1.91. The summed E-state index contributed by atoms with van der Waals surface area (Å²) in [6.07, 6.45) is 3.48. The SMILES string of the molecule is Sc1ccc(C#Cc2ccc(C#Cc3ccncc3)cc2)cc1. The average molecular weight is 311 g/mol. The van der Waals surface area contributed by atoms with E-state index in [-0.39, 0.29) is 0 Å². The van der Waals surface area contributed by atoms with E-state index in [9.17, 15) is 0 Å². The van der Waals surface area contributed by atoms with Gasteiger partial charge in [0.05, 0.1) is 0 Å². The van der Waals surface area contributed by atoms with Crippen molar-refractivity contribution in [3.8, 4) is 23.7 Å². The lowest BCUT2D eigenvalue weighted by molar-refractivity contribution is 1.32. The highest BCUT2D eigenvalue weighted by atomic mass is 32.1. The molecular weight excluding hydrogens is 298 g/mol. The molecule has 1 aromatic heterocycles. The molecule has 0 aliphatic carbocycles. The van der Waals surface area contributed by atoms with Crippen molar-refractivity contribution < 1.29 is 0 Å². The molecule has 0 N–H and O–H groups in total. The maximum atomic E-state index is 4.26. The van der Waals surface area contributed by atoms with Crippen LogP contribution in [0.5, 0.6) is 0 Å². The van der Waals surface area contributed by atoms with E-state index < -0.39 is 0 Å². The quantitative estimate of drug-likeness (QED) is 0.486. The van der Waals surface area contributed by atoms with Crippen LogP contribution in [0, 0.1) is 23.7 Å². The third-order valence-corrected chi connectivity index (χ3v) is 3.43. The molecule has 0 amide bonds. The van der Waals surface area contributed by atoms with Crippen LogP contribution < -0.4 is 0 Å². The van der Waals surface area contributed by atoms with Gasteiger partial charge in [-0.25, -0.2) is 0 Å². The van der Waals surface area contributed by atoms with Crippen LogP contribution in [0.2, 0.25) is 0 Å². The third kappa shape index (κ3) is 4.51. The molecule has 0 spiro atoms. The maximum absolute atomic E-state index is 4.26. The Morgan fingerprint density at radius 2 is 0.870 bits per heavy atom. The summed E-state index contributed by atoms with van der Waals surface area (Å²) in [7, 11) is 0. The molecule has 2 aromatic carbocycles. The van der Waals surface area contributed by atoms with Gasteiger partial charge < -0.3 is 0 Å². The number of thiol groups is 1. The Morgan fingerprint density at radius 1 is 0.522 bits per heavy atom. The first-order chi connectivity index (χ1) is 11.3. The number of nitrogens with zero attached hydrogens (tertiary/aromatic N) is 1. The average Bonchev–Trinajstić information content (AvgIpc) is 2.61. The van der Waals surface area contributed by atoms with E-state index in [0.29, 0.717) is 0 Å². The van der Waals surface area contributed by atoms with Gasteiger partial charge in [-0.1, -0.05) is 23.7 Å². The van der Waals surface area contributed by atoms with Crippen molar-refractivity contribution in [2.24, 2.45) is 0 Å². The van der Waals surface area contributed by atoms with E-state index in [1.165, 1.54) is 0 Å². The van der Waals surface area contributed by atoms with Crippen LogP contribution in [0.15, 0.2) is 78.0 Å². The van der Waals surface area contributed by atoms with Crippen molar-refractivity contribution in [1.29, 1.82) is 0 Å². The molecule has 0 saturated heterocycles. The molecular formula is C21H13NS. The Balaban J connectivity index is 1.73. The fraction of sp³-hybridized carbons (Fsp3) is 0. The largest absolute Gasteiger partial charge is 0.265 e. The molecule has 1 heterocycles. The normalized spacial score (nSPS) is 9.26. The molecule has 3 aromatic rings. The molecule has 0 fully saturated rings. The van der Waals surface area contributed by atoms with Gasteiger partial charge in [-0.05, 0) is 60.7 Å². The van der Waals surface area contributed by atoms with Crippen LogP contribution in [0.1, 0.15) is 22.3 Å². The molecule has 0 atom stereocenters. The molecule has 1 nitrogen and oxygen atoms in total. The standard InChI is InChI=1S/C21H13NS/c23-21-11-9-19(10-12-21)6-5-17-1-3-18(4-2-17)7-8-20-13-15-22-16-14-20/h1-4,9-16,23H. The first-order valence-corrected chi connectivity index (χ1v) is 7.57. The maximum Gasteiger partial charge on any atom is 0.0280 e. The van der Waals surface area contributed by atoms with E-state index >= 15 is 0 Å². The summed E-state index contributed by atoms with van der Waals surface area (Å²) in [4.78, 5) is 4.91. The van der Waals surface area contributed by atoms with Gasteiger partial charge in [0.1, 0.15) is 0 Å². The van der Waals surface area contributed by atoms with Crippen LogP contribution in [0.3, 0.4) is 0 Å². The fourth-order valence-corrected chi connectivity index (χ4v) is 2.05. The topological polar surface area (TPSA) is 12.9 Å². The first kappa shape index (κ1) is 15.0. The second-order valence-electron chi connectivity index (χ2n) is 4.86. The minimum Gasteiger partial charge on any atom is -0.265 e. The van der Waals surface area contributed by atoms with Crippen LogP contribution in [0.4, 0.5) is 0 Å². The highest BCUT2D eigenvalue weighted by molar-refractivity contribution is 7.80. The molecule has 108 valence electrons. The number of pyridine rings is 1. The smallest absolute Gasteiger partial charge is 0.0280 e. The van der Waals surface area contributed by atoms with Crippen LogP contribution in [0.25, 0.3) is 0 Å². The highest BCUT2D eigenvalue weighted by Crippen LogP contribution is 2.07. The lowest BCUT2D eigenvalue weighted by atomic mass is 10.1. The minimum absolute atomic E-state index is 0.938. The number of hydrogen-bond acceptors (Lipinski definition) is 2. The lowest BCUT2D eigenvalue weighted by Gasteiger charge is -1.93. The number of rotatable bonds is 0. The van der Waals surface area contributed by atoms with Crippen molar-refractivity contribution in [3.05, 3.63) is 95.3 Å². The van der Waals surface area contributed by atoms with Crippen molar-refractivity contribution in [2.75, 3.05) is 0 Å². The second-order valence-corrected chi connectivity index (χ2v) is 5.38. The Labute approximate surface area is 141 Å².